The number of hydrogen-bond acceptors (Lipinski definition) is 3. The molecule has 0 amide bonds. The average Bonchev–Trinajstić information content (AvgIpc) is 2.37. The SMILES string of the molecule is CC(NCc1cccnn1)c1ccc(Cl)cc1Cl. The van der Waals surface area contributed by atoms with E-state index in [0.717, 1.165) is 11.3 Å². The zero-order valence-corrected chi connectivity index (χ0v) is 11.4. The van der Waals surface area contributed by atoms with Crippen molar-refractivity contribution in [1.29, 1.82) is 0 Å². The van der Waals surface area contributed by atoms with E-state index in [-0.39, 0.29) is 6.04 Å². The lowest BCUT2D eigenvalue weighted by atomic mass is 10.1. The van der Waals surface area contributed by atoms with Crippen LogP contribution in [0.4, 0.5) is 0 Å². The Balaban J connectivity index is 2.01. The fourth-order valence-electron chi connectivity index (χ4n) is 1.65. The molecular weight excluding hydrogens is 269 g/mol. The first-order valence-corrected chi connectivity index (χ1v) is 6.37. The predicted molar refractivity (Wildman–Crippen MR) is 73.7 cm³/mol. The van der Waals surface area contributed by atoms with E-state index >= 15 is 0 Å². The highest BCUT2D eigenvalue weighted by Crippen LogP contribution is 2.26. The third kappa shape index (κ3) is 3.42. The average molecular weight is 282 g/mol. The summed E-state index contributed by atoms with van der Waals surface area (Å²) in [7, 11) is 0. The number of aromatic nitrogens is 2. The van der Waals surface area contributed by atoms with Crippen molar-refractivity contribution in [3.8, 4) is 0 Å². The summed E-state index contributed by atoms with van der Waals surface area (Å²) in [6.45, 7) is 2.69. The summed E-state index contributed by atoms with van der Waals surface area (Å²) in [5, 5.41) is 12.5. The molecule has 0 saturated carbocycles. The van der Waals surface area contributed by atoms with Gasteiger partial charge in [0.25, 0.3) is 0 Å². The van der Waals surface area contributed by atoms with Gasteiger partial charge in [0.05, 0.1) is 5.69 Å². The fourth-order valence-corrected chi connectivity index (χ4v) is 2.22. The molecule has 3 nitrogen and oxygen atoms in total. The van der Waals surface area contributed by atoms with Crippen molar-refractivity contribution in [1.82, 2.24) is 15.5 Å². The Morgan fingerprint density at radius 2 is 2.11 bits per heavy atom. The lowest BCUT2D eigenvalue weighted by Crippen LogP contribution is -2.19. The summed E-state index contributed by atoms with van der Waals surface area (Å²) in [6.07, 6.45) is 1.66. The van der Waals surface area contributed by atoms with Gasteiger partial charge in [0.1, 0.15) is 0 Å². The molecule has 0 spiro atoms. The standard InChI is InChI=1S/C13H13Cl2N3/c1-9(12-5-4-10(14)7-13(12)15)16-8-11-3-2-6-17-18-11/h2-7,9,16H,8H2,1H3. The first-order valence-electron chi connectivity index (χ1n) is 5.61. The van der Waals surface area contributed by atoms with Crippen LogP contribution in [0.1, 0.15) is 24.2 Å². The van der Waals surface area contributed by atoms with E-state index in [4.69, 9.17) is 23.2 Å². The van der Waals surface area contributed by atoms with Crippen LogP contribution in [0, 0.1) is 0 Å². The van der Waals surface area contributed by atoms with Crippen LogP contribution >= 0.6 is 23.2 Å². The number of halogens is 2. The first kappa shape index (κ1) is 13.3. The molecule has 0 aliphatic carbocycles. The van der Waals surface area contributed by atoms with Crippen LogP contribution in [-0.2, 0) is 6.54 Å². The topological polar surface area (TPSA) is 37.8 Å². The molecule has 1 aromatic heterocycles. The molecule has 1 heterocycles. The van der Waals surface area contributed by atoms with Gasteiger partial charge < -0.3 is 5.32 Å². The van der Waals surface area contributed by atoms with E-state index in [9.17, 15) is 0 Å². The van der Waals surface area contributed by atoms with Crippen molar-refractivity contribution >= 4 is 23.2 Å². The number of nitrogens with zero attached hydrogens (tertiary/aromatic N) is 2. The van der Waals surface area contributed by atoms with Gasteiger partial charge in [-0.3, -0.25) is 0 Å². The molecular formula is C13H13Cl2N3. The molecule has 2 rings (SSSR count). The van der Waals surface area contributed by atoms with Crippen LogP contribution in [0.2, 0.25) is 10.0 Å². The second kappa shape index (κ2) is 6.14. The van der Waals surface area contributed by atoms with Crippen molar-refractivity contribution in [3.63, 3.8) is 0 Å². The van der Waals surface area contributed by atoms with Gasteiger partial charge >= 0.3 is 0 Å². The molecule has 0 bridgehead atoms. The van der Waals surface area contributed by atoms with Crippen molar-refractivity contribution < 1.29 is 0 Å². The Morgan fingerprint density at radius 3 is 2.78 bits per heavy atom. The number of benzene rings is 1. The minimum atomic E-state index is 0.122. The molecule has 0 aliphatic rings. The Kier molecular flexibility index (Phi) is 4.53. The minimum absolute atomic E-state index is 0.122. The molecule has 1 aromatic carbocycles. The van der Waals surface area contributed by atoms with Crippen molar-refractivity contribution in [2.45, 2.75) is 19.5 Å². The van der Waals surface area contributed by atoms with Crippen molar-refractivity contribution in [2.24, 2.45) is 0 Å². The maximum Gasteiger partial charge on any atom is 0.0769 e. The van der Waals surface area contributed by atoms with Crippen LogP contribution in [0.3, 0.4) is 0 Å². The second-order valence-electron chi connectivity index (χ2n) is 3.98. The minimum Gasteiger partial charge on any atom is -0.304 e. The zero-order chi connectivity index (χ0) is 13.0. The van der Waals surface area contributed by atoms with Gasteiger partial charge in [-0.2, -0.15) is 10.2 Å². The van der Waals surface area contributed by atoms with Gasteiger partial charge in [0.2, 0.25) is 0 Å². The van der Waals surface area contributed by atoms with E-state index in [1.165, 1.54) is 0 Å². The Bertz CT molecular complexity index is 517. The molecule has 0 fully saturated rings. The van der Waals surface area contributed by atoms with Crippen LogP contribution in [0.15, 0.2) is 36.5 Å². The highest BCUT2D eigenvalue weighted by atomic mass is 35.5. The maximum atomic E-state index is 6.15. The van der Waals surface area contributed by atoms with Gasteiger partial charge in [-0.15, -0.1) is 0 Å². The third-order valence-corrected chi connectivity index (χ3v) is 3.21. The Labute approximate surface area is 116 Å². The van der Waals surface area contributed by atoms with Crippen LogP contribution in [0.25, 0.3) is 0 Å². The lowest BCUT2D eigenvalue weighted by molar-refractivity contribution is 0.564. The predicted octanol–water partition coefficient (Wildman–Crippen LogP) is 3.63. The summed E-state index contributed by atoms with van der Waals surface area (Å²) in [4.78, 5) is 0. The quantitative estimate of drug-likeness (QED) is 0.930. The molecule has 0 aliphatic heterocycles. The first-order chi connectivity index (χ1) is 8.66. The monoisotopic (exact) mass is 281 g/mol. The Morgan fingerprint density at radius 1 is 1.28 bits per heavy atom. The largest absolute Gasteiger partial charge is 0.304 e. The third-order valence-electron chi connectivity index (χ3n) is 2.65. The summed E-state index contributed by atoms with van der Waals surface area (Å²) in [5.74, 6) is 0. The van der Waals surface area contributed by atoms with Crippen LogP contribution < -0.4 is 5.32 Å². The van der Waals surface area contributed by atoms with Crippen molar-refractivity contribution in [2.75, 3.05) is 0 Å². The molecule has 1 unspecified atom stereocenters. The summed E-state index contributed by atoms with van der Waals surface area (Å²) >= 11 is 12.0. The zero-order valence-electron chi connectivity index (χ0n) is 9.90. The second-order valence-corrected chi connectivity index (χ2v) is 4.83. The highest BCUT2D eigenvalue weighted by Gasteiger charge is 2.09. The molecule has 2 aromatic rings. The van der Waals surface area contributed by atoms with E-state index in [1.54, 1.807) is 12.3 Å². The van der Waals surface area contributed by atoms with Gasteiger partial charge in [-0.25, -0.2) is 0 Å². The fraction of sp³-hybridized carbons (Fsp3) is 0.231. The summed E-state index contributed by atoms with van der Waals surface area (Å²) in [5.41, 5.74) is 1.92. The summed E-state index contributed by atoms with van der Waals surface area (Å²) in [6, 6.07) is 9.43. The molecule has 18 heavy (non-hydrogen) atoms. The van der Waals surface area contributed by atoms with Gasteiger partial charge in [0, 0.05) is 28.8 Å². The van der Waals surface area contributed by atoms with Gasteiger partial charge in [-0.1, -0.05) is 29.3 Å². The molecule has 1 atom stereocenters. The maximum absolute atomic E-state index is 6.15. The number of hydrogen-bond donors (Lipinski definition) is 1. The lowest BCUT2D eigenvalue weighted by Gasteiger charge is -2.15. The van der Waals surface area contributed by atoms with E-state index < -0.39 is 0 Å². The molecule has 0 radical (unpaired) electrons. The van der Waals surface area contributed by atoms with E-state index in [1.807, 2.05) is 31.2 Å². The van der Waals surface area contributed by atoms with E-state index in [0.29, 0.717) is 16.6 Å². The van der Waals surface area contributed by atoms with Crippen LogP contribution in [0.5, 0.6) is 0 Å². The van der Waals surface area contributed by atoms with Gasteiger partial charge in [-0.05, 0) is 36.8 Å². The molecule has 1 N–H and O–H groups in total. The normalized spacial score (nSPS) is 12.4. The van der Waals surface area contributed by atoms with Gasteiger partial charge in [0.15, 0.2) is 0 Å². The highest BCUT2D eigenvalue weighted by molar-refractivity contribution is 6.35. The van der Waals surface area contributed by atoms with Crippen LogP contribution in [-0.4, -0.2) is 10.2 Å². The van der Waals surface area contributed by atoms with E-state index in [2.05, 4.69) is 15.5 Å². The Hall–Kier alpha value is -1.16. The summed E-state index contributed by atoms with van der Waals surface area (Å²) < 4.78 is 0. The molecule has 5 heteroatoms. The number of nitrogens with one attached hydrogen (secondary N) is 1. The smallest absolute Gasteiger partial charge is 0.0769 e. The van der Waals surface area contributed by atoms with Crippen molar-refractivity contribution in [3.05, 3.63) is 57.8 Å². The molecule has 0 saturated heterocycles. The number of rotatable bonds is 4. The molecule has 94 valence electrons.